The van der Waals surface area contributed by atoms with E-state index in [9.17, 15) is 9.59 Å². The Morgan fingerprint density at radius 2 is 1.79 bits per heavy atom. The lowest BCUT2D eigenvalue weighted by atomic mass is 10.1. The van der Waals surface area contributed by atoms with Crippen molar-refractivity contribution in [1.82, 2.24) is 14.5 Å². The zero-order valence-electron chi connectivity index (χ0n) is 22.9. The number of anilines is 2. The molecule has 10 heteroatoms. The van der Waals surface area contributed by atoms with Gasteiger partial charge < -0.3 is 18.6 Å². The van der Waals surface area contributed by atoms with E-state index >= 15 is 0 Å². The number of carbonyl (C=O) groups is 2. The van der Waals surface area contributed by atoms with Gasteiger partial charge in [0.25, 0.3) is 11.8 Å². The number of benzene rings is 3. The van der Waals surface area contributed by atoms with Crippen LogP contribution in [0.5, 0.6) is 0 Å². The van der Waals surface area contributed by atoms with E-state index in [0.717, 1.165) is 16.0 Å². The average molecular weight is 578 g/mol. The lowest BCUT2D eigenvalue weighted by molar-refractivity contribution is 0.0890. The van der Waals surface area contributed by atoms with Crippen molar-refractivity contribution in [2.75, 3.05) is 24.4 Å². The zero-order valence-corrected chi connectivity index (χ0v) is 23.7. The van der Waals surface area contributed by atoms with E-state index in [4.69, 9.17) is 14.1 Å². The van der Waals surface area contributed by atoms with Crippen LogP contribution < -0.4 is 10.2 Å². The number of nitrogens with zero attached hydrogens (tertiary/aromatic N) is 4. The van der Waals surface area contributed by atoms with Crippen LogP contribution in [0.15, 0.2) is 108 Å². The van der Waals surface area contributed by atoms with Crippen molar-refractivity contribution in [3.05, 3.63) is 120 Å². The van der Waals surface area contributed by atoms with Gasteiger partial charge in [-0.15, -0.1) is 11.3 Å². The van der Waals surface area contributed by atoms with Crippen LogP contribution in [-0.4, -0.2) is 40.5 Å². The first-order valence-corrected chi connectivity index (χ1v) is 14.0. The average Bonchev–Trinajstić information content (AvgIpc) is 3.80. The van der Waals surface area contributed by atoms with Crippen molar-refractivity contribution in [2.24, 2.45) is 0 Å². The molecule has 0 aliphatic heterocycles. The van der Waals surface area contributed by atoms with E-state index < -0.39 is 0 Å². The maximum absolute atomic E-state index is 13.4. The standard InChI is InChI=1S/C32H27N5O4S/c1-36(31(39)22-11-7-4-8-12-22)23-13-14-25-24(17-23)34-32(37(25)19-27(40-2)21-9-5-3-6-10-21)35-30(38)29-16-15-28(42-29)26-18-33-20-41-26/h3-18,20,27H,19H2,1-2H3,(H,34,35,38)/t27-/m0/s1. The third-order valence-electron chi connectivity index (χ3n) is 6.98. The molecule has 0 saturated carbocycles. The number of amides is 2. The molecular formula is C32H27N5O4S. The van der Waals surface area contributed by atoms with Crippen molar-refractivity contribution < 1.29 is 18.7 Å². The Bertz CT molecular complexity index is 1830. The van der Waals surface area contributed by atoms with Crippen molar-refractivity contribution in [3.63, 3.8) is 0 Å². The van der Waals surface area contributed by atoms with Crippen molar-refractivity contribution in [2.45, 2.75) is 12.6 Å². The van der Waals surface area contributed by atoms with Gasteiger partial charge in [0.2, 0.25) is 5.95 Å². The number of fused-ring (bicyclic) bond motifs is 1. The Morgan fingerprint density at radius 3 is 2.50 bits per heavy atom. The maximum Gasteiger partial charge on any atom is 0.268 e. The Hall–Kier alpha value is -5.06. The Balaban J connectivity index is 1.35. The normalized spacial score (nSPS) is 11.9. The molecule has 0 radical (unpaired) electrons. The first kappa shape index (κ1) is 27.1. The predicted molar refractivity (Wildman–Crippen MR) is 163 cm³/mol. The minimum absolute atomic E-state index is 0.133. The molecule has 42 heavy (non-hydrogen) atoms. The molecule has 2 amide bonds. The van der Waals surface area contributed by atoms with Crippen LogP contribution in [0.3, 0.4) is 0 Å². The molecule has 3 aromatic heterocycles. The number of nitrogens with one attached hydrogen (secondary N) is 1. The molecule has 0 spiro atoms. The van der Waals surface area contributed by atoms with Gasteiger partial charge in [0.15, 0.2) is 12.2 Å². The highest BCUT2D eigenvalue weighted by atomic mass is 32.1. The quantitative estimate of drug-likeness (QED) is 0.206. The molecule has 210 valence electrons. The van der Waals surface area contributed by atoms with Gasteiger partial charge in [-0.2, -0.15) is 0 Å². The summed E-state index contributed by atoms with van der Waals surface area (Å²) in [5, 5.41) is 2.99. The molecule has 0 aliphatic rings. The predicted octanol–water partition coefficient (Wildman–Crippen LogP) is 6.67. The molecule has 6 rings (SSSR count). The lowest BCUT2D eigenvalue weighted by Crippen LogP contribution is -2.26. The molecule has 3 heterocycles. The molecule has 0 bridgehead atoms. The number of oxazole rings is 1. The number of methoxy groups -OCH3 is 1. The molecule has 3 aromatic carbocycles. The maximum atomic E-state index is 13.4. The van der Waals surface area contributed by atoms with Crippen LogP contribution in [-0.2, 0) is 11.3 Å². The smallest absolute Gasteiger partial charge is 0.268 e. The number of hydrogen-bond donors (Lipinski definition) is 1. The van der Waals surface area contributed by atoms with Crippen LogP contribution in [0, 0.1) is 0 Å². The molecule has 1 N–H and O–H groups in total. The van der Waals surface area contributed by atoms with Crippen molar-refractivity contribution >= 4 is 45.8 Å². The summed E-state index contributed by atoms with van der Waals surface area (Å²) in [6.45, 7) is 0.401. The number of aromatic nitrogens is 3. The fraction of sp³-hybridized carbons (Fsp3) is 0.125. The van der Waals surface area contributed by atoms with E-state index in [1.807, 2.05) is 77.4 Å². The van der Waals surface area contributed by atoms with E-state index in [1.165, 1.54) is 17.7 Å². The summed E-state index contributed by atoms with van der Waals surface area (Å²) >= 11 is 1.30. The molecule has 0 fully saturated rings. The van der Waals surface area contributed by atoms with Gasteiger partial charge in [0.1, 0.15) is 6.10 Å². The number of imidazole rings is 1. The fourth-order valence-electron chi connectivity index (χ4n) is 4.74. The molecule has 1 atom stereocenters. The van der Waals surface area contributed by atoms with Crippen LogP contribution in [0.25, 0.3) is 21.7 Å². The topological polar surface area (TPSA) is 102 Å². The first-order chi connectivity index (χ1) is 20.5. The highest BCUT2D eigenvalue weighted by molar-refractivity contribution is 7.17. The molecular weight excluding hydrogens is 550 g/mol. The molecule has 0 saturated heterocycles. The van der Waals surface area contributed by atoms with Crippen LogP contribution in [0.2, 0.25) is 0 Å². The van der Waals surface area contributed by atoms with E-state index in [2.05, 4.69) is 10.3 Å². The van der Waals surface area contributed by atoms with Gasteiger partial charge in [0, 0.05) is 25.4 Å². The first-order valence-electron chi connectivity index (χ1n) is 13.2. The third-order valence-corrected chi connectivity index (χ3v) is 8.08. The van der Waals surface area contributed by atoms with Gasteiger partial charge in [-0.3, -0.25) is 14.9 Å². The van der Waals surface area contributed by atoms with Crippen LogP contribution >= 0.6 is 11.3 Å². The molecule has 0 unspecified atom stereocenters. The fourth-order valence-corrected chi connectivity index (χ4v) is 5.60. The van der Waals surface area contributed by atoms with E-state index in [0.29, 0.717) is 39.9 Å². The SMILES string of the molecule is CO[C@@H](Cn1c(NC(=O)c2ccc(-c3cnco3)s2)nc2cc(N(C)C(=O)c3ccccc3)ccc21)c1ccccc1. The van der Waals surface area contributed by atoms with E-state index in [-0.39, 0.29) is 17.9 Å². The Kier molecular flexibility index (Phi) is 7.63. The largest absolute Gasteiger partial charge is 0.443 e. The summed E-state index contributed by atoms with van der Waals surface area (Å²) in [6, 6.07) is 28.2. The summed E-state index contributed by atoms with van der Waals surface area (Å²) in [5.74, 6) is 0.537. The van der Waals surface area contributed by atoms with E-state index in [1.54, 1.807) is 43.5 Å². The van der Waals surface area contributed by atoms with Gasteiger partial charge in [-0.25, -0.2) is 9.97 Å². The molecule has 6 aromatic rings. The number of hydrogen-bond acceptors (Lipinski definition) is 7. The van der Waals surface area contributed by atoms with Gasteiger partial charge >= 0.3 is 0 Å². The summed E-state index contributed by atoms with van der Waals surface area (Å²) in [6.07, 6.45) is 2.68. The van der Waals surface area contributed by atoms with Gasteiger partial charge in [-0.05, 0) is 48.0 Å². The molecule has 9 nitrogen and oxygen atoms in total. The van der Waals surface area contributed by atoms with Gasteiger partial charge in [-0.1, -0.05) is 48.5 Å². The second kappa shape index (κ2) is 11.8. The number of ether oxygens (including phenoxy) is 1. The van der Waals surface area contributed by atoms with Crippen LogP contribution in [0.1, 0.15) is 31.7 Å². The minimum atomic E-state index is -0.299. The summed E-state index contributed by atoms with van der Waals surface area (Å²) in [4.78, 5) is 38.1. The number of rotatable bonds is 9. The summed E-state index contributed by atoms with van der Waals surface area (Å²) < 4.78 is 13.2. The van der Waals surface area contributed by atoms with Crippen molar-refractivity contribution in [3.8, 4) is 10.6 Å². The Morgan fingerprint density at radius 1 is 1.02 bits per heavy atom. The second-order valence-electron chi connectivity index (χ2n) is 9.57. The highest BCUT2D eigenvalue weighted by Gasteiger charge is 2.22. The number of thiophene rings is 1. The number of carbonyl (C=O) groups excluding carboxylic acids is 2. The van der Waals surface area contributed by atoms with Crippen LogP contribution in [0.4, 0.5) is 11.6 Å². The molecule has 0 aliphatic carbocycles. The summed E-state index contributed by atoms with van der Waals surface area (Å²) in [5.41, 5.74) is 3.69. The van der Waals surface area contributed by atoms with Crippen molar-refractivity contribution in [1.29, 1.82) is 0 Å². The van der Waals surface area contributed by atoms with Gasteiger partial charge in [0.05, 0.1) is 33.5 Å². The lowest BCUT2D eigenvalue weighted by Gasteiger charge is -2.19. The monoisotopic (exact) mass is 577 g/mol. The minimum Gasteiger partial charge on any atom is -0.443 e. The third kappa shape index (κ3) is 5.45. The Labute approximate surface area is 246 Å². The highest BCUT2D eigenvalue weighted by Crippen LogP contribution is 2.31. The zero-order chi connectivity index (χ0) is 29.1. The summed E-state index contributed by atoms with van der Waals surface area (Å²) in [7, 11) is 3.39. The second-order valence-corrected chi connectivity index (χ2v) is 10.7.